The summed E-state index contributed by atoms with van der Waals surface area (Å²) >= 11 is 0. The number of carbonyl (C=O) groups is 1. The van der Waals surface area contributed by atoms with Crippen molar-refractivity contribution < 1.29 is 9.90 Å². The lowest BCUT2D eigenvalue weighted by Gasteiger charge is -2.41. The van der Waals surface area contributed by atoms with E-state index in [1.54, 1.807) is 19.2 Å². The van der Waals surface area contributed by atoms with Crippen molar-refractivity contribution >= 4 is 5.97 Å². The van der Waals surface area contributed by atoms with Gasteiger partial charge >= 0.3 is 5.97 Å². The predicted molar refractivity (Wildman–Crippen MR) is 69.3 cm³/mol. The smallest absolute Gasteiger partial charge is 0.323 e. The quantitative estimate of drug-likeness (QED) is 0.895. The maximum atomic E-state index is 11.5. The molecule has 1 aromatic rings. The molecular formula is C14H17N3O2. The van der Waals surface area contributed by atoms with Crippen LogP contribution < -0.4 is 0 Å². The Morgan fingerprint density at radius 2 is 2.42 bits per heavy atom. The van der Waals surface area contributed by atoms with E-state index in [9.17, 15) is 9.90 Å². The molecule has 0 aliphatic carbocycles. The van der Waals surface area contributed by atoms with Crippen LogP contribution in [0.15, 0.2) is 18.3 Å². The second-order valence-corrected chi connectivity index (χ2v) is 5.12. The number of carboxylic acid groups (broad SMARTS) is 1. The standard InChI is InChI=1S/C14H17N3O2/c1-14(13(18)19)5-2-3-7-17(14)10-11-4-6-16-12(8-11)9-15/h4,6,8H,2-3,5,7,10H2,1H3,(H,18,19). The number of aliphatic carboxylic acids is 1. The number of nitriles is 1. The Bertz CT molecular complexity index is 524. The van der Waals surface area contributed by atoms with Crippen LogP contribution in [0.4, 0.5) is 0 Å². The highest BCUT2D eigenvalue weighted by Crippen LogP contribution is 2.29. The summed E-state index contributed by atoms with van der Waals surface area (Å²) in [7, 11) is 0. The first-order chi connectivity index (χ1) is 9.06. The molecule has 1 aliphatic rings. The molecule has 0 amide bonds. The third kappa shape index (κ3) is 2.74. The summed E-state index contributed by atoms with van der Waals surface area (Å²) in [5, 5.41) is 18.3. The summed E-state index contributed by atoms with van der Waals surface area (Å²) in [4.78, 5) is 17.4. The number of rotatable bonds is 3. The number of hydrogen-bond acceptors (Lipinski definition) is 4. The number of hydrogen-bond donors (Lipinski definition) is 1. The van der Waals surface area contributed by atoms with Crippen molar-refractivity contribution in [1.82, 2.24) is 9.88 Å². The normalized spacial score (nSPS) is 23.8. The zero-order valence-corrected chi connectivity index (χ0v) is 11.0. The molecule has 5 nitrogen and oxygen atoms in total. The van der Waals surface area contributed by atoms with Crippen molar-refractivity contribution in [3.63, 3.8) is 0 Å². The minimum atomic E-state index is -0.811. The van der Waals surface area contributed by atoms with Crippen LogP contribution in [-0.2, 0) is 11.3 Å². The lowest BCUT2D eigenvalue weighted by molar-refractivity contribution is -0.153. The van der Waals surface area contributed by atoms with Crippen LogP contribution in [0.1, 0.15) is 37.4 Å². The van der Waals surface area contributed by atoms with Crippen LogP contribution in [-0.4, -0.2) is 33.0 Å². The van der Waals surface area contributed by atoms with Crippen molar-refractivity contribution in [2.75, 3.05) is 6.54 Å². The van der Waals surface area contributed by atoms with Gasteiger partial charge in [0, 0.05) is 12.7 Å². The van der Waals surface area contributed by atoms with E-state index in [4.69, 9.17) is 5.26 Å². The highest BCUT2D eigenvalue weighted by molar-refractivity contribution is 5.78. The van der Waals surface area contributed by atoms with Crippen molar-refractivity contribution in [2.45, 2.75) is 38.3 Å². The fraction of sp³-hybridized carbons (Fsp3) is 0.500. The molecule has 2 rings (SSSR count). The summed E-state index contributed by atoms with van der Waals surface area (Å²) in [6.07, 6.45) is 4.21. The average Bonchev–Trinajstić information content (AvgIpc) is 2.41. The zero-order valence-electron chi connectivity index (χ0n) is 11.0. The Hall–Kier alpha value is -1.93. The summed E-state index contributed by atoms with van der Waals surface area (Å²) in [5.74, 6) is -0.776. The number of likely N-dealkylation sites (tertiary alicyclic amines) is 1. The van der Waals surface area contributed by atoms with Gasteiger partial charge in [-0.1, -0.05) is 0 Å². The minimum Gasteiger partial charge on any atom is -0.480 e. The number of aromatic nitrogens is 1. The predicted octanol–water partition coefficient (Wildman–Crippen LogP) is 1.78. The van der Waals surface area contributed by atoms with Gasteiger partial charge in [0.25, 0.3) is 0 Å². The SMILES string of the molecule is CC1(C(=O)O)CCCCN1Cc1ccnc(C#N)c1. The molecule has 1 aliphatic heterocycles. The average molecular weight is 259 g/mol. The Morgan fingerprint density at radius 1 is 1.63 bits per heavy atom. The van der Waals surface area contributed by atoms with E-state index >= 15 is 0 Å². The van der Waals surface area contributed by atoms with Crippen LogP contribution in [0.5, 0.6) is 0 Å². The molecule has 1 aromatic heterocycles. The van der Waals surface area contributed by atoms with Crippen LogP contribution >= 0.6 is 0 Å². The van der Waals surface area contributed by atoms with Gasteiger partial charge in [0.1, 0.15) is 17.3 Å². The van der Waals surface area contributed by atoms with Gasteiger partial charge in [-0.25, -0.2) is 4.98 Å². The van der Waals surface area contributed by atoms with Crippen molar-refractivity contribution in [2.24, 2.45) is 0 Å². The second-order valence-electron chi connectivity index (χ2n) is 5.12. The molecule has 1 fully saturated rings. The van der Waals surface area contributed by atoms with Crippen LogP contribution in [0.3, 0.4) is 0 Å². The fourth-order valence-electron chi connectivity index (χ4n) is 2.53. The largest absolute Gasteiger partial charge is 0.480 e. The Labute approximate surface area is 112 Å². The van der Waals surface area contributed by atoms with Crippen molar-refractivity contribution in [3.8, 4) is 6.07 Å². The Morgan fingerprint density at radius 3 is 3.11 bits per heavy atom. The molecule has 0 saturated carbocycles. The molecule has 19 heavy (non-hydrogen) atoms. The number of carboxylic acids is 1. The lowest BCUT2D eigenvalue weighted by Crippen LogP contribution is -2.54. The summed E-state index contributed by atoms with van der Waals surface area (Å²) in [5.41, 5.74) is 0.487. The maximum absolute atomic E-state index is 11.5. The topological polar surface area (TPSA) is 77.2 Å². The molecule has 0 aromatic carbocycles. The maximum Gasteiger partial charge on any atom is 0.323 e. The van der Waals surface area contributed by atoms with Crippen LogP contribution in [0, 0.1) is 11.3 Å². The van der Waals surface area contributed by atoms with Gasteiger partial charge in [-0.15, -0.1) is 0 Å². The minimum absolute atomic E-state index is 0.367. The molecule has 5 heteroatoms. The highest BCUT2D eigenvalue weighted by Gasteiger charge is 2.41. The van der Waals surface area contributed by atoms with E-state index in [0.29, 0.717) is 18.7 Å². The molecule has 1 unspecified atom stereocenters. The first-order valence-corrected chi connectivity index (χ1v) is 6.40. The molecule has 1 N–H and O–H groups in total. The van der Waals surface area contributed by atoms with Gasteiger partial charge in [0.05, 0.1) is 0 Å². The number of nitrogens with zero attached hydrogens (tertiary/aromatic N) is 3. The monoisotopic (exact) mass is 259 g/mol. The molecule has 0 bridgehead atoms. The molecule has 0 radical (unpaired) electrons. The third-order valence-electron chi connectivity index (χ3n) is 3.81. The van der Waals surface area contributed by atoms with Crippen LogP contribution in [0.2, 0.25) is 0 Å². The van der Waals surface area contributed by atoms with Gasteiger partial charge in [-0.05, 0) is 50.4 Å². The molecule has 1 saturated heterocycles. The van der Waals surface area contributed by atoms with Gasteiger partial charge in [0.15, 0.2) is 0 Å². The summed E-state index contributed by atoms with van der Waals surface area (Å²) < 4.78 is 0. The first-order valence-electron chi connectivity index (χ1n) is 6.40. The Balaban J connectivity index is 2.20. The van der Waals surface area contributed by atoms with E-state index in [1.165, 1.54) is 0 Å². The van der Waals surface area contributed by atoms with E-state index in [0.717, 1.165) is 24.9 Å². The van der Waals surface area contributed by atoms with Crippen molar-refractivity contribution in [3.05, 3.63) is 29.6 Å². The fourth-order valence-corrected chi connectivity index (χ4v) is 2.53. The third-order valence-corrected chi connectivity index (χ3v) is 3.81. The van der Waals surface area contributed by atoms with Gasteiger partial charge in [-0.2, -0.15) is 5.26 Å². The summed E-state index contributed by atoms with van der Waals surface area (Å²) in [6, 6.07) is 5.55. The van der Waals surface area contributed by atoms with E-state index in [2.05, 4.69) is 4.98 Å². The zero-order chi connectivity index (χ0) is 13.9. The van der Waals surface area contributed by atoms with Gasteiger partial charge < -0.3 is 5.11 Å². The van der Waals surface area contributed by atoms with E-state index in [-0.39, 0.29) is 0 Å². The molecule has 2 heterocycles. The second kappa shape index (κ2) is 5.37. The van der Waals surface area contributed by atoms with Gasteiger partial charge in [-0.3, -0.25) is 9.69 Å². The van der Waals surface area contributed by atoms with E-state index in [1.807, 2.05) is 17.0 Å². The first kappa shape index (κ1) is 13.5. The Kier molecular flexibility index (Phi) is 3.82. The molecular weight excluding hydrogens is 242 g/mol. The number of piperidine rings is 1. The number of pyridine rings is 1. The molecule has 0 spiro atoms. The van der Waals surface area contributed by atoms with Crippen molar-refractivity contribution in [1.29, 1.82) is 5.26 Å². The van der Waals surface area contributed by atoms with E-state index < -0.39 is 11.5 Å². The van der Waals surface area contributed by atoms with Gasteiger partial charge in [0.2, 0.25) is 0 Å². The molecule has 100 valence electrons. The highest BCUT2D eigenvalue weighted by atomic mass is 16.4. The molecule has 1 atom stereocenters. The summed E-state index contributed by atoms with van der Waals surface area (Å²) in [6.45, 7) is 3.09. The van der Waals surface area contributed by atoms with Crippen LogP contribution in [0.25, 0.3) is 0 Å². The lowest BCUT2D eigenvalue weighted by atomic mass is 9.88.